The predicted octanol–water partition coefficient (Wildman–Crippen LogP) is 3.39. The van der Waals surface area contributed by atoms with E-state index in [9.17, 15) is 22.8 Å². The van der Waals surface area contributed by atoms with E-state index in [4.69, 9.17) is 4.74 Å². The number of aromatic nitrogens is 4. The van der Waals surface area contributed by atoms with Crippen LogP contribution in [0.2, 0.25) is 0 Å². The maximum atomic E-state index is 12.9. The number of anilines is 3. The molecule has 180 valence electrons. The van der Waals surface area contributed by atoms with Gasteiger partial charge in [-0.1, -0.05) is 0 Å². The normalized spacial score (nSPS) is 11.0. The second-order valence-electron chi connectivity index (χ2n) is 6.49. The van der Waals surface area contributed by atoms with Crippen LogP contribution in [0.5, 0.6) is 5.88 Å². The Morgan fingerprint density at radius 2 is 1.97 bits per heavy atom. The molecule has 3 heterocycles. The molecule has 0 atom stereocenters. The van der Waals surface area contributed by atoms with Crippen LogP contribution in [0.4, 0.5) is 34.5 Å². The molecule has 0 saturated carbocycles. The molecule has 34 heavy (non-hydrogen) atoms. The van der Waals surface area contributed by atoms with Gasteiger partial charge >= 0.3 is 12.3 Å². The topological polar surface area (TPSA) is 140 Å². The number of hydrogen-bond acceptors (Lipinski definition) is 10. The predicted molar refractivity (Wildman–Crippen MR) is 115 cm³/mol. The number of hydrogen-bond donors (Lipinski definition) is 3. The number of rotatable bonds is 8. The van der Waals surface area contributed by atoms with Gasteiger partial charge in [-0.25, -0.2) is 14.8 Å². The quantitative estimate of drug-likeness (QED) is 0.400. The molecular weight excluding hydrogens is 479 g/mol. The zero-order chi connectivity index (χ0) is 24.7. The number of carbonyl (C=O) groups excluding carboxylic acids is 2. The number of amides is 2. The van der Waals surface area contributed by atoms with Crippen molar-refractivity contribution in [3.05, 3.63) is 47.7 Å². The van der Waals surface area contributed by atoms with Gasteiger partial charge in [-0.2, -0.15) is 17.5 Å². The molecule has 11 nitrogen and oxygen atoms in total. The molecule has 0 bridgehead atoms. The summed E-state index contributed by atoms with van der Waals surface area (Å²) in [6.07, 6.45) is -2.17. The lowest BCUT2D eigenvalue weighted by Crippen LogP contribution is -2.27. The molecule has 15 heteroatoms. The third kappa shape index (κ3) is 6.50. The van der Waals surface area contributed by atoms with Crippen molar-refractivity contribution in [3.63, 3.8) is 0 Å². The number of aryl methyl sites for hydroxylation is 1. The molecule has 0 saturated heterocycles. The molecule has 3 N–H and O–H groups in total. The minimum Gasteiger partial charge on any atom is -0.476 e. The van der Waals surface area contributed by atoms with E-state index in [2.05, 4.69) is 40.0 Å². The maximum Gasteiger partial charge on any atom is 0.434 e. The van der Waals surface area contributed by atoms with Crippen LogP contribution < -0.4 is 20.7 Å². The van der Waals surface area contributed by atoms with E-state index in [0.29, 0.717) is 17.6 Å². The van der Waals surface area contributed by atoms with Crippen LogP contribution in [-0.4, -0.2) is 51.6 Å². The summed E-state index contributed by atoms with van der Waals surface area (Å²) in [5.74, 6) is -0.465. The van der Waals surface area contributed by atoms with Crippen molar-refractivity contribution in [1.82, 2.24) is 24.6 Å². The Balaban J connectivity index is 1.64. The summed E-state index contributed by atoms with van der Waals surface area (Å²) in [5, 5.41) is 7.97. The highest BCUT2D eigenvalue weighted by Gasteiger charge is 2.33. The van der Waals surface area contributed by atoms with Crippen LogP contribution in [-0.2, 0) is 10.9 Å². The van der Waals surface area contributed by atoms with Crippen molar-refractivity contribution in [1.29, 1.82) is 0 Å². The minimum absolute atomic E-state index is 0.137. The molecule has 0 aliphatic rings. The first-order valence-corrected chi connectivity index (χ1v) is 10.3. The number of methoxy groups -OCH3 is 1. The van der Waals surface area contributed by atoms with Crippen molar-refractivity contribution >= 4 is 40.0 Å². The second kappa shape index (κ2) is 10.7. The molecule has 0 fully saturated rings. The molecule has 3 aromatic heterocycles. The fraction of sp³-hybridized carbons (Fsp3) is 0.263. The molecule has 0 spiro atoms. The molecule has 3 aromatic rings. The van der Waals surface area contributed by atoms with Crippen LogP contribution in [0.25, 0.3) is 0 Å². The van der Waals surface area contributed by atoms with Crippen LogP contribution in [0.1, 0.15) is 21.7 Å². The van der Waals surface area contributed by atoms with Crippen molar-refractivity contribution in [2.45, 2.75) is 13.1 Å². The van der Waals surface area contributed by atoms with Gasteiger partial charge in [0.1, 0.15) is 17.4 Å². The van der Waals surface area contributed by atoms with Crippen molar-refractivity contribution in [3.8, 4) is 5.88 Å². The highest BCUT2D eigenvalue weighted by Crippen LogP contribution is 2.31. The molecule has 0 aromatic carbocycles. The van der Waals surface area contributed by atoms with Gasteiger partial charge in [0.25, 0.3) is 5.91 Å². The van der Waals surface area contributed by atoms with Crippen LogP contribution in [0, 0.1) is 6.92 Å². The van der Waals surface area contributed by atoms with Crippen molar-refractivity contribution in [2.24, 2.45) is 0 Å². The SMILES string of the molecule is COC(=O)NCCOc1ccc(NC(=O)c2c(C)nsc2Nc2cncc(C(F)(F)F)n2)cn1. The summed E-state index contributed by atoms with van der Waals surface area (Å²) >= 11 is 0.895. The van der Waals surface area contributed by atoms with E-state index >= 15 is 0 Å². The Kier molecular flexibility index (Phi) is 7.78. The molecule has 0 unspecified atom stereocenters. The van der Waals surface area contributed by atoms with E-state index in [1.165, 1.54) is 19.4 Å². The Morgan fingerprint density at radius 3 is 2.65 bits per heavy atom. The van der Waals surface area contributed by atoms with Crippen molar-refractivity contribution in [2.75, 3.05) is 30.9 Å². The summed E-state index contributed by atoms with van der Waals surface area (Å²) in [4.78, 5) is 34.9. The number of halogens is 3. The maximum absolute atomic E-state index is 12.9. The second-order valence-corrected chi connectivity index (χ2v) is 7.26. The number of alkyl halides is 3. The standard InChI is InChI=1S/C19H18F3N7O4S/c1-10-15(17(34-29-10)28-13-9-23-8-12(27-13)19(20,21)22)16(30)26-11-3-4-14(25-7-11)33-6-5-24-18(31)32-2/h3-4,7-9H,5-6H2,1-2H3,(H,24,31)(H,26,30)(H,27,28). The minimum atomic E-state index is -4.66. The number of ether oxygens (including phenoxy) is 2. The summed E-state index contributed by atoms with van der Waals surface area (Å²) in [6.45, 7) is 1.95. The Hall–Kier alpha value is -4.01. The van der Waals surface area contributed by atoms with Gasteiger partial charge in [0, 0.05) is 6.07 Å². The van der Waals surface area contributed by atoms with Crippen LogP contribution in [0.15, 0.2) is 30.7 Å². The largest absolute Gasteiger partial charge is 0.476 e. The number of alkyl carbamates (subject to hydrolysis) is 1. The van der Waals surface area contributed by atoms with Gasteiger partial charge in [0.05, 0.1) is 49.2 Å². The fourth-order valence-electron chi connectivity index (χ4n) is 2.52. The van der Waals surface area contributed by atoms with Gasteiger partial charge in [0.15, 0.2) is 5.69 Å². The molecule has 2 amide bonds. The molecule has 0 aliphatic carbocycles. The Morgan fingerprint density at radius 1 is 1.18 bits per heavy atom. The monoisotopic (exact) mass is 497 g/mol. The van der Waals surface area contributed by atoms with Gasteiger partial charge < -0.3 is 25.4 Å². The molecule has 0 radical (unpaired) electrons. The average molecular weight is 497 g/mol. The lowest BCUT2D eigenvalue weighted by molar-refractivity contribution is -0.141. The first kappa shape index (κ1) is 24.6. The van der Waals surface area contributed by atoms with Gasteiger partial charge in [-0.3, -0.25) is 9.78 Å². The third-order valence-electron chi connectivity index (χ3n) is 4.06. The first-order chi connectivity index (χ1) is 16.2. The lowest BCUT2D eigenvalue weighted by atomic mass is 10.2. The van der Waals surface area contributed by atoms with E-state index in [1.807, 2.05) is 0 Å². The lowest BCUT2D eigenvalue weighted by Gasteiger charge is -2.10. The smallest absolute Gasteiger partial charge is 0.434 e. The number of nitrogens with one attached hydrogen (secondary N) is 3. The fourth-order valence-corrected chi connectivity index (χ4v) is 3.32. The summed E-state index contributed by atoms with van der Waals surface area (Å²) in [7, 11) is 1.25. The van der Waals surface area contributed by atoms with Crippen LogP contribution in [0.3, 0.4) is 0 Å². The van der Waals surface area contributed by atoms with Crippen molar-refractivity contribution < 1.29 is 32.2 Å². The van der Waals surface area contributed by atoms with E-state index < -0.39 is 23.9 Å². The number of pyridine rings is 1. The molecular formula is C19H18F3N7O4S. The third-order valence-corrected chi connectivity index (χ3v) is 4.91. The Bertz CT molecular complexity index is 1160. The van der Waals surface area contributed by atoms with Gasteiger partial charge in [0.2, 0.25) is 5.88 Å². The highest BCUT2D eigenvalue weighted by molar-refractivity contribution is 7.10. The molecule has 0 aliphatic heterocycles. The zero-order valence-electron chi connectivity index (χ0n) is 17.8. The van der Waals surface area contributed by atoms with E-state index in [-0.39, 0.29) is 35.4 Å². The van der Waals surface area contributed by atoms with Crippen LogP contribution >= 0.6 is 11.5 Å². The van der Waals surface area contributed by atoms with E-state index in [1.54, 1.807) is 13.0 Å². The summed E-state index contributed by atoms with van der Waals surface area (Å²) < 4.78 is 52.5. The summed E-state index contributed by atoms with van der Waals surface area (Å²) in [5.41, 5.74) is -0.311. The van der Waals surface area contributed by atoms with Gasteiger partial charge in [-0.15, -0.1) is 0 Å². The number of nitrogens with zero attached hydrogens (tertiary/aromatic N) is 4. The molecule has 3 rings (SSSR count). The zero-order valence-corrected chi connectivity index (χ0v) is 18.6. The Labute approximate surface area is 194 Å². The summed E-state index contributed by atoms with van der Waals surface area (Å²) in [6, 6.07) is 3.07. The average Bonchev–Trinajstić information content (AvgIpc) is 3.17. The van der Waals surface area contributed by atoms with E-state index in [0.717, 1.165) is 17.7 Å². The number of carbonyl (C=O) groups is 2. The van der Waals surface area contributed by atoms with Gasteiger partial charge in [-0.05, 0) is 24.5 Å². The first-order valence-electron chi connectivity index (χ1n) is 9.52. The highest BCUT2D eigenvalue weighted by atomic mass is 32.1.